The van der Waals surface area contributed by atoms with E-state index in [1.807, 2.05) is 74.5 Å². The van der Waals surface area contributed by atoms with E-state index in [0.29, 0.717) is 12.2 Å². The second-order valence-corrected chi connectivity index (χ2v) is 7.18. The Kier molecular flexibility index (Phi) is 6.79. The smallest absolute Gasteiger partial charge is 0.314 e. The van der Waals surface area contributed by atoms with Gasteiger partial charge in [-0.05, 0) is 24.0 Å². The van der Waals surface area contributed by atoms with Crippen LogP contribution in [0.15, 0.2) is 71.3 Å². The van der Waals surface area contributed by atoms with Crippen molar-refractivity contribution in [3.05, 3.63) is 83.6 Å². The molecule has 3 rings (SSSR count). The predicted octanol–water partition coefficient (Wildman–Crippen LogP) is 4.23. The van der Waals surface area contributed by atoms with Crippen LogP contribution >= 0.6 is 0 Å². The predicted molar refractivity (Wildman–Crippen MR) is 111 cm³/mol. The number of nitrogens with one attached hydrogen (secondary N) is 2. The highest BCUT2D eigenvalue weighted by atomic mass is 16.5. The fourth-order valence-electron chi connectivity index (χ4n) is 2.98. The molecule has 0 radical (unpaired) electrons. The molecule has 0 fully saturated rings. The number of hydrogen-bond acceptors (Lipinski definition) is 4. The molecule has 6 nitrogen and oxygen atoms in total. The van der Waals surface area contributed by atoms with E-state index >= 15 is 0 Å². The Morgan fingerprint density at radius 3 is 2.24 bits per heavy atom. The first-order chi connectivity index (χ1) is 14.0. The maximum atomic E-state index is 12.5. The Bertz CT molecular complexity index is 936. The van der Waals surface area contributed by atoms with Gasteiger partial charge in [-0.3, -0.25) is 14.9 Å². The minimum Gasteiger partial charge on any atom is -0.359 e. The molecule has 3 aromatic rings. The zero-order valence-electron chi connectivity index (χ0n) is 16.6. The van der Waals surface area contributed by atoms with Gasteiger partial charge in [0.05, 0.1) is 6.04 Å². The van der Waals surface area contributed by atoms with E-state index in [0.717, 1.165) is 12.0 Å². The SMILES string of the molecule is CC(C)c1cc(NC(=O)C(=O)N[C@H](CCc2ccccc2)c2ccccc2)no1. The van der Waals surface area contributed by atoms with Crippen molar-refractivity contribution in [3.63, 3.8) is 0 Å². The summed E-state index contributed by atoms with van der Waals surface area (Å²) in [6, 6.07) is 21.0. The number of hydrogen-bond donors (Lipinski definition) is 2. The first-order valence-electron chi connectivity index (χ1n) is 9.70. The van der Waals surface area contributed by atoms with Crippen LogP contribution < -0.4 is 10.6 Å². The van der Waals surface area contributed by atoms with Gasteiger partial charge in [-0.25, -0.2) is 0 Å². The minimum absolute atomic E-state index is 0.141. The van der Waals surface area contributed by atoms with Crippen molar-refractivity contribution in [3.8, 4) is 0 Å². The summed E-state index contributed by atoms with van der Waals surface area (Å²) in [7, 11) is 0. The summed E-state index contributed by atoms with van der Waals surface area (Å²) in [4.78, 5) is 24.8. The number of amides is 2. The Morgan fingerprint density at radius 2 is 1.62 bits per heavy atom. The molecule has 0 spiro atoms. The minimum atomic E-state index is -0.769. The highest BCUT2D eigenvalue weighted by molar-refractivity contribution is 6.39. The number of rotatable bonds is 7. The lowest BCUT2D eigenvalue weighted by Gasteiger charge is -2.19. The van der Waals surface area contributed by atoms with Crippen LogP contribution in [0.2, 0.25) is 0 Å². The van der Waals surface area contributed by atoms with Crippen molar-refractivity contribution in [1.82, 2.24) is 10.5 Å². The Labute approximate surface area is 170 Å². The number of benzene rings is 2. The average Bonchev–Trinajstić information content (AvgIpc) is 3.21. The van der Waals surface area contributed by atoms with E-state index in [-0.39, 0.29) is 17.8 Å². The Balaban J connectivity index is 1.65. The fraction of sp³-hybridized carbons (Fsp3) is 0.261. The summed E-state index contributed by atoms with van der Waals surface area (Å²) in [6.45, 7) is 3.91. The van der Waals surface area contributed by atoms with E-state index in [1.165, 1.54) is 5.56 Å². The van der Waals surface area contributed by atoms with Crippen molar-refractivity contribution in [2.24, 2.45) is 0 Å². The summed E-state index contributed by atoms with van der Waals surface area (Å²) in [5, 5.41) is 9.12. The number of aromatic nitrogens is 1. The maximum Gasteiger partial charge on any atom is 0.314 e. The maximum absolute atomic E-state index is 12.5. The van der Waals surface area contributed by atoms with Gasteiger partial charge in [-0.1, -0.05) is 79.7 Å². The molecule has 1 heterocycles. The monoisotopic (exact) mass is 391 g/mol. The van der Waals surface area contributed by atoms with Crippen molar-refractivity contribution < 1.29 is 14.1 Å². The van der Waals surface area contributed by atoms with Gasteiger partial charge in [0.2, 0.25) is 0 Å². The van der Waals surface area contributed by atoms with Crippen LogP contribution in [0.1, 0.15) is 49.1 Å². The fourth-order valence-corrected chi connectivity index (χ4v) is 2.98. The third-order valence-corrected chi connectivity index (χ3v) is 4.62. The van der Waals surface area contributed by atoms with E-state index < -0.39 is 11.8 Å². The van der Waals surface area contributed by atoms with Gasteiger partial charge in [0.1, 0.15) is 5.76 Å². The topological polar surface area (TPSA) is 84.2 Å². The van der Waals surface area contributed by atoms with E-state index in [2.05, 4.69) is 15.8 Å². The molecule has 29 heavy (non-hydrogen) atoms. The molecule has 2 amide bonds. The molecule has 150 valence electrons. The second-order valence-electron chi connectivity index (χ2n) is 7.18. The quantitative estimate of drug-likeness (QED) is 0.591. The van der Waals surface area contributed by atoms with Crippen molar-refractivity contribution in [2.45, 2.75) is 38.6 Å². The van der Waals surface area contributed by atoms with Gasteiger partial charge in [-0.15, -0.1) is 0 Å². The van der Waals surface area contributed by atoms with Gasteiger partial charge in [0, 0.05) is 12.0 Å². The molecule has 0 unspecified atom stereocenters. The third-order valence-electron chi connectivity index (χ3n) is 4.62. The number of aryl methyl sites for hydroxylation is 1. The van der Waals surface area contributed by atoms with Crippen molar-refractivity contribution >= 4 is 17.6 Å². The van der Waals surface area contributed by atoms with E-state index in [9.17, 15) is 9.59 Å². The highest BCUT2D eigenvalue weighted by Gasteiger charge is 2.21. The molecule has 0 bridgehead atoms. The van der Waals surface area contributed by atoms with Crippen LogP contribution in [0, 0.1) is 0 Å². The molecular weight excluding hydrogens is 366 g/mol. The Morgan fingerprint density at radius 1 is 0.966 bits per heavy atom. The Hall–Kier alpha value is -3.41. The second kappa shape index (κ2) is 9.68. The van der Waals surface area contributed by atoms with Crippen LogP contribution in [0.3, 0.4) is 0 Å². The highest BCUT2D eigenvalue weighted by Crippen LogP contribution is 2.20. The van der Waals surface area contributed by atoms with Crippen LogP contribution in [-0.2, 0) is 16.0 Å². The number of carbonyl (C=O) groups is 2. The van der Waals surface area contributed by atoms with Crippen LogP contribution in [-0.4, -0.2) is 17.0 Å². The van der Waals surface area contributed by atoms with E-state index in [1.54, 1.807) is 6.07 Å². The van der Waals surface area contributed by atoms with Crippen LogP contribution in [0.5, 0.6) is 0 Å². The molecule has 0 aliphatic rings. The summed E-state index contributed by atoms with van der Waals surface area (Å²) >= 11 is 0. The zero-order chi connectivity index (χ0) is 20.6. The van der Waals surface area contributed by atoms with E-state index in [4.69, 9.17) is 4.52 Å². The molecule has 2 N–H and O–H groups in total. The number of anilines is 1. The van der Waals surface area contributed by atoms with Gasteiger partial charge in [-0.2, -0.15) is 0 Å². The largest absolute Gasteiger partial charge is 0.359 e. The lowest BCUT2D eigenvalue weighted by molar-refractivity contribution is -0.136. The number of carbonyl (C=O) groups excluding carboxylic acids is 2. The molecule has 1 aromatic heterocycles. The number of nitrogens with zero attached hydrogens (tertiary/aromatic N) is 1. The normalized spacial score (nSPS) is 11.8. The van der Waals surface area contributed by atoms with Crippen LogP contribution in [0.4, 0.5) is 5.82 Å². The molecule has 0 aliphatic heterocycles. The van der Waals surface area contributed by atoms with Gasteiger partial charge in [0.15, 0.2) is 5.82 Å². The molecule has 0 saturated carbocycles. The van der Waals surface area contributed by atoms with Crippen molar-refractivity contribution in [1.29, 1.82) is 0 Å². The lowest BCUT2D eigenvalue weighted by Crippen LogP contribution is -2.38. The van der Waals surface area contributed by atoms with Gasteiger partial charge in [0.25, 0.3) is 0 Å². The molecular formula is C23H25N3O3. The van der Waals surface area contributed by atoms with Gasteiger partial charge >= 0.3 is 11.8 Å². The standard InChI is InChI=1S/C23H25N3O3/c1-16(2)20-15-21(26-29-20)25-23(28)22(27)24-19(18-11-7-4-8-12-18)14-13-17-9-5-3-6-10-17/h3-12,15-16,19H,13-14H2,1-2H3,(H,24,27)(H,25,26,28)/t19-/m1/s1. The average molecular weight is 391 g/mol. The van der Waals surface area contributed by atoms with Crippen LogP contribution in [0.25, 0.3) is 0 Å². The molecule has 2 aromatic carbocycles. The summed E-state index contributed by atoms with van der Waals surface area (Å²) in [5.74, 6) is -0.460. The summed E-state index contributed by atoms with van der Waals surface area (Å²) < 4.78 is 5.15. The first kappa shape index (κ1) is 20.3. The van der Waals surface area contributed by atoms with Crippen molar-refractivity contribution in [2.75, 3.05) is 5.32 Å². The molecule has 0 saturated heterocycles. The zero-order valence-corrected chi connectivity index (χ0v) is 16.6. The summed E-state index contributed by atoms with van der Waals surface area (Å²) in [6.07, 6.45) is 1.46. The third kappa shape index (κ3) is 5.78. The molecule has 0 aliphatic carbocycles. The first-order valence-corrected chi connectivity index (χ1v) is 9.70. The lowest BCUT2D eigenvalue weighted by atomic mass is 9.99. The molecule has 6 heteroatoms. The van der Waals surface area contributed by atoms with Gasteiger partial charge < -0.3 is 9.84 Å². The summed E-state index contributed by atoms with van der Waals surface area (Å²) in [5.41, 5.74) is 2.13. The molecule has 1 atom stereocenters.